The van der Waals surface area contributed by atoms with Crippen molar-refractivity contribution >= 4 is 22.6 Å². The molecule has 0 spiro atoms. The van der Waals surface area contributed by atoms with Gasteiger partial charge in [0.15, 0.2) is 0 Å². The van der Waals surface area contributed by atoms with Gasteiger partial charge in [0, 0.05) is 10.9 Å². The molecule has 0 aliphatic rings. The van der Waals surface area contributed by atoms with Crippen molar-refractivity contribution < 1.29 is 4.42 Å². The summed E-state index contributed by atoms with van der Waals surface area (Å²) < 4.78 is 6.75. The van der Waals surface area contributed by atoms with Crippen molar-refractivity contribution in [2.24, 2.45) is 0 Å². The van der Waals surface area contributed by atoms with E-state index in [1.165, 1.54) is 6.07 Å². The Labute approximate surface area is 135 Å². The van der Waals surface area contributed by atoms with Crippen LogP contribution in [0.1, 0.15) is 0 Å². The van der Waals surface area contributed by atoms with Crippen LogP contribution in [0.4, 0.5) is 0 Å². The number of hydrogen-bond acceptors (Lipinski definition) is 4. The number of fused-ring (bicyclic) bond motifs is 1. The topological polar surface area (TPSA) is 60.9 Å². The van der Waals surface area contributed by atoms with Gasteiger partial charge in [-0.15, -0.1) is 5.10 Å². The molecule has 0 unspecified atom stereocenters. The van der Waals surface area contributed by atoms with Gasteiger partial charge in [-0.2, -0.15) is 0 Å². The monoisotopic (exact) mass is 323 g/mol. The molecule has 0 aliphatic carbocycles. The number of halogens is 1. The minimum Gasteiger partial charge on any atom is -0.423 e. The van der Waals surface area contributed by atoms with Crippen LogP contribution in [0.15, 0.2) is 70.0 Å². The fourth-order valence-corrected chi connectivity index (χ4v) is 2.69. The summed E-state index contributed by atoms with van der Waals surface area (Å²) in [5.41, 5.74) is 2.10. The first-order valence-electron chi connectivity index (χ1n) is 6.93. The van der Waals surface area contributed by atoms with E-state index >= 15 is 0 Å². The third-order valence-corrected chi connectivity index (χ3v) is 3.85. The van der Waals surface area contributed by atoms with Crippen LogP contribution >= 0.6 is 11.6 Å². The maximum Gasteiger partial charge on any atom is 0.338 e. The molecule has 0 amide bonds. The molecule has 0 aliphatic heterocycles. The minimum absolute atomic E-state index is 0.437. The van der Waals surface area contributed by atoms with Gasteiger partial charge in [-0.25, -0.2) is 9.48 Å². The molecule has 5 nitrogen and oxygen atoms in total. The van der Waals surface area contributed by atoms with E-state index in [1.54, 1.807) is 23.0 Å². The standard InChI is InChI=1S/C17H10ClN3O2/c18-13-7-3-1-5-11(13)14-10-21(20-19-14)15-9-17(22)23-16-8-4-2-6-12(15)16/h1-10H. The van der Waals surface area contributed by atoms with Crippen LogP contribution in [0.3, 0.4) is 0 Å². The second-order valence-electron chi connectivity index (χ2n) is 4.98. The van der Waals surface area contributed by atoms with Gasteiger partial charge in [0.2, 0.25) is 0 Å². The highest BCUT2D eigenvalue weighted by molar-refractivity contribution is 6.33. The van der Waals surface area contributed by atoms with Gasteiger partial charge >= 0.3 is 5.63 Å². The number of benzene rings is 2. The molecule has 0 radical (unpaired) electrons. The zero-order valence-corrected chi connectivity index (χ0v) is 12.6. The zero-order valence-electron chi connectivity index (χ0n) is 11.8. The first-order chi connectivity index (χ1) is 11.2. The fourth-order valence-electron chi connectivity index (χ4n) is 2.46. The number of nitrogens with zero attached hydrogens (tertiary/aromatic N) is 3. The van der Waals surface area contributed by atoms with Crippen LogP contribution in [0.25, 0.3) is 27.9 Å². The molecule has 4 rings (SSSR count). The van der Waals surface area contributed by atoms with Crippen molar-refractivity contribution in [2.75, 3.05) is 0 Å². The van der Waals surface area contributed by atoms with Gasteiger partial charge in [0.25, 0.3) is 0 Å². The predicted octanol–water partition coefficient (Wildman–Crippen LogP) is 3.69. The first-order valence-corrected chi connectivity index (χ1v) is 7.31. The van der Waals surface area contributed by atoms with Crippen LogP contribution in [-0.4, -0.2) is 15.0 Å². The van der Waals surface area contributed by atoms with E-state index in [0.717, 1.165) is 10.9 Å². The predicted molar refractivity (Wildman–Crippen MR) is 87.8 cm³/mol. The Morgan fingerprint density at radius 2 is 1.83 bits per heavy atom. The van der Waals surface area contributed by atoms with E-state index in [1.807, 2.05) is 36.4 Å². The van der Waals surface area contributed by atoms with E-state index in [9.17, 15) is 4.79 Å². The first kappa shape index (κ1) is 13.7. The van der Waals surface area contributed by atoms with Crippen LogP contribution in [0.2, 0.25) is 5.02 Å². The molecule has 23 heavy (non-hydrogen) atoms. The van der Waals surface area contributed by atoms with Crippen molar-refractivity contribution in [1.29, 1.82) is 0 Å². The van der Waals surface area contributed by atoms with Crippen molar-refractivity contribution in [2.45, 2.75) is 0 Å². The van der Waals surface area contributed by atoms with Crippen LogP contribution in [-0.2, 0) is 0 Å². The van der Waals surface area contributed by atoms with Gasteiger partial charge in [0.1, 0.15) is 11.3 Å². The minimum atomic E-state index is -0.437. The molecular formula is C17H10ClN3O2. The van der Waals surface area contributed by atoms with Crippen molar-refractivity contribution in [1.82, 2.24) is 15.0 Å². The average molecular weight is 324 g/mol. The largest absolute Gasteiger partial charge is 0.423 e. The molecule has 0 atom stereocenters. The Balaban J connectivity index is 1.90. The lowest BCUT2D eigenvalue weighted by molar-refractivity contribution is 0.559. The van der Waals surface area contributed by atoms with Crippen molar-refractivity contribution in [3.63, 3.8) is 0 Å². The molecule has 0 fully saturated rings. The van der Waals surface area contributed by atoms with E-state index in [0.29, 0.717) is 22.0 Å². The molecular weight excluding hydrogens is 314 g/mol. The Morgan fingerprint density at radius 1 is 1.04 bits per heavy atom. The molecule has 112 valence electrons. The van der Waals surface area contributed by atoms with Gasteiger partial charge < -0.3 is 4.42 Å². The second kappa shape index (κ2) is 5.37. The molecule has 0 bridgehead atoms. The number of para-hydroxylation sites is 1. The van der Waals surface area contributed by atoms with Gasteiger partial charge in [-0.3, -0.25) is 0 Å². The van der Waals surface area contributed by atoms with E-state index in [4.69, 9.17) is 16.0 Å². The Hall–Kier alpha value is -2.92. The third-order valence-electron chi connectivity index (χ3n) is 3.52. The lowest BCUT2D eigenvalue weighted by Crippen LogP contribution is -2.04. The van der Waals surface area contributed by atoms with Crippen LogP contribution < -0.4 is 5.63 Å². The average Bonchev–Trinajstić information content (AvgIpc) is 3.04. The smallest absolute Gasteiger partial charge is 0.338 e. The third kappa shape index (κ3) is 2.41. The highest BCUT2D eigenvalue weighted by Crippen LogP contribution is 2.27. The molecule has 2 aromatic carbocycles. The number of rotatable bonds is 2. The van der Waals surface area contributed by atoms with E-state index in [2.05, 4.69) is 10.3 Å². The molecule has 2 aromatic heterocycles. The summed E-state index contributed by atoms with van der Waals surface area (Å²) in [4.78, 5) is 11.8. The van der Waals surface area contributed by atoms with Crippen molar-refractivity contribution in [3.05, 3.63) is 76.2 Å². The lowest BCUT2D eigenvalue weighted by atomic mass is 10.1. The highest BCUT2D eigenvalue weighted by atomic mass is 35.5. The molecule has 0 saturated heterocycles. The molecule has 0 saturated carbocycles. The molecule has 6 heteroatoms. The Bertz CT molecular complexity index is 1070. The quantitative estimate of drug-likeness (QED) is 0.528. The normalized spacial score (nSPS) is 11.0. The summed E-state index contributed by atoms with van der Waals surface area (Å²) in [5.74, 6) is 0. The summed E-state index contributed by atoms with van der Waals surface area (Å²) in [6.07, 6.45) is 1.74. The van der Waals surface area contributed by atoms with Crippen molar-refractivity contribution in [3.8, 4) is 16.9 Å². The van der Waals surface area contributed by atoms with Gasteiger partial charge in [0.05, 0.1) is 23.0 Å². The second-order valence-corrected chi connectivity index (χ2v) is 5.38. The maximum absolute atomic E-state index is 11.8. The van der Waals surface area contributed by atoms with Gasteiger partial charge in [-0.1, -0.05) is 47.1 Å². The number of hydrogen-bond donors (Lipinski definition) is 0. The Kier molecular flexibility index (Phi) is 3.20. The van der Waals surface area contributed by atoms with Crippen LogP contribution in [0, 0.1) is 0 Å². The maximum atomic E-state index is 11.8. The summed E-state index contributed by atoms with van der Waals surface area (Å²) in [6, 6.07) is 16.1. The Morgan fingerprint density at radius 3 is 2.70 bits per heavy atom. The van der Waals surface area contributed by atoms with Gasteiger partial charge in [-0.05, 0) is 18.2 Å². The fraction of sp³-hybridized carbons (Fsp3) is 0. The molecule has 0 N–H and O–H groups in total. The summed E-state index contributed by atoms with van der Waals surface area (Å²) in [6.45, 7) is 0. The lowest BCUT2D eigenvalue weighted by Gasteiger charge is -2.03. The summed E-state index contributed by atoms with van der Waals surface area (Å²) in [7, 11) is 0. The summed E-state index contributed by atoms with van der Waals surface area (Å²) in [5, 5.41) is 9.65. The zero-order chi connectivity index (χ0) is 15.8. The molecule has 4 aromatic rings. The highest BCUT2D eigenvalue weighted by Gasteiger charge is 2.12. The summed E-state index contributed by atoms with van der Waals surface area (Å²) >= 11 is 6.19. The van der Waals surface area contributed by atoms with Crippen LogP contribution in [0.5, 0.6) is 0 Å². The number of aromatic nitrogens is 3. The SMILES string of the molecule is O=c1cc(-n2cc(-c3ccccc3Cl)nn2)c2ccccc2o1. The van der Waals surface area contributed by atoms with E-state index in [-0.39, 0.29) is 0 Å². The van der Waals surface area contributed by atoms with E-state index < -0.39 is 5.63 Å². The molecule has 2 heterocycles.